The second-order valence-electron chi connectivity index (χ2n) is 4.19. The lowest BCUT2D eigenvalue weighted by atomic mass is 10.1. The van der Waals surface area contributed by atoms with Crippen molar-refractivity contribution in [1.29, 1.82) is 0 Å². The molecule has 1 aromatic heterocycles. The largest absolute Gasteiger partial charge is 0.313 e. The van der Waals surface area contributed by atoms with Gasteiger partial charge in [-0.25, -0.2) is 0 Å². The number of benzene rings is 1. The summed E-state index contributed by atoms with van der Waals surface area (Å²) in [5, 5.41) is 3.26. The highest BCUT2D eigenvalue weighted by molar-refractivity contribution is 7.98. The van der Waals surface area contributed by atoms with E-state index in [2.05, 4.69) is 47.6 Å². The first-order valence-electron chi connectivity index (χ1n) is 6.09. The van der Waals surface area contributed by atoms with Gasteiger partial charge >= 0.3 is 0 Å². The van der Waals surface area contributed by atoms with Crippen LogP contribution in [0.15, 0.2) is 53.6 Å². The van der Waals surface area contributed by atoms with Crippen molar-refractivity contribution >= 4 is 11.8 Å². The number of thioether (sulfide) groups is 1. The molecule has 0 amide bonds. The molecule has 0 spiro atoms. The Kier molecular flexibility index (Phi) is 4.79. The molecule has 0 aliphatic rings. The van der Waals surface area contributed by atoms with Gasteiger partial charge in [0.05, 0.1) is 5.69 Å². The monoisotopic (exact) mass is 258 g/mol. The highest BCUT2D eigenvalue weighted by atomic mass is 32.2. The third-order valence-corrected chi connectivity index (χ3v) is 3.93. The number of pyridine rings is 1. The molecule has 0 aliphatic heterocycles. The average molecular weight is 258 g/mol. The van der Waals surface area contributed by atoms with E-state index >= 15 is 0 Å². The van der Waals surface area contributed by atoms with Crippen LogP contribution in [0.2, 0.25) is 0 Å². The minimum atomic E-state index is 0.389. The van der Waals surface area contributed by atoms with Gasteiger partial charge in [-0.2, -0.15) is 0 Å². The molecule has 1 atom stereocenters. The van der Waals surface area contributed by atoms with Gasteiger partial charge in [0.15, 0.2) is 0 Å². The van der Waals surface area contributed by atoms with E-state index in [0.29, 0.717) is 6.04 Å². The highest BCUT2D eigenvalue weighted by Gasteiger charge is 2.03. The number of aromatic nitrogens is 1. The first-order valence-corrected chi connectivity index (χ1v) is 7.08. The second-order valence-corrected chi connectivity index (χ2v) is 5.24. The van der Waals surface area contributed by atoms with E-state index in [1.807, 2.05) is 37.1 Å². The summed E-state index contributed by atoms with van der Waals surface area (Å²) in [7, 11) is 1.98. The van der Waals surface area contributed by atoms with Gasteiger partial charge in [-0.15, -0.1) is 11.8 Å². The normalized spacial score (nSPS) is 12.3. The Bertz CT molecular complexity index is 485. The molecule has 94 valence electrons. The van der Waals surface area contributed by atoms with E-state index < -0.39 is 0 Å². The Hall–Kier alpha value is -1.32. The van der Waals surface area contributed by atoms with Crippen LogP contribution in [-0.4, -0.2) is 12.0 Å². The zero-order valence-electron chi connectivity index (χ0n) is 10.8. The molecule has 0 saturated heterocycles. The van der Waals surface area contributed by atoms with Crippen LogP contribution >= 0.6 is 11.8 Å². The van der Waals surface area contributed by atoms with E-state index in [1.165, 1.54) is 10.5 Å². The van der Waals surface area contributed by atoms with Gasteiger partial charge in [-0.3, -0.25) is 4.98 Å². The van der Waals surface area contributed by atoms with Gasteiger partial charge in [0, 0.05) is 22.9 Å². The Morgan fingerprint density at radius 2 is 2.11 bits per heavy atom. The molecule has 1 N–H and O–H groups in total. The van der Waals surface area contributed by atoms with Gasteiger partial charge in [-0.05, 0) is 43.8 Å². The summed E-state index contributed by atoms with van der Waals surface area (Å²) < 4.78 is 0. The summed E-state index contributed by atoms with van der Waals surface area (Å²) in [6.45, 7) is 2.17. The maximum absolute atomic E-state index is 4.33. The van der Waals surface area contributed by atoms with Crippen molar-refractivity contribution in [2.45, 2.75) is 23.6 Å². The van der Waals surface area contributed by atoms with E-state index in [0.717, 1.165) is 11.4 Å². The molecule has 0 fully saturated rings. The van der Waals surface area contributed by atoms with Crippen molar-refractivity contribution in [3.63, 3.8) is 0 Å². The van der Waals surface area contributed by atoms with Crippen LogP contribution in [-0.2, 0) is 5.75 Å². The fourth-order valence-corrected chi connectivity index (χ4v) is 2.56. The summed E-state index contributed by atoms with van der Waals surface area (Å²) in [5.41, 5.74) is 2.44. The van der Waals surface area contributed by atoms with Crippen molar-refractivity contribution in [2.24, 2.45) is 0 Å². The van der Waals surface area contributed by atoms with Crippen LogP contribution < -0.4 is 5.32 Å². The van der Waals surface area contributed by atoms with Gasteiger partial charge in [0.25, 0.3) is 0 Å². The zero-order valence-corrected chi connectivity index (χ0v) is 11.6. The van der Waals surface area contributed by atoms with Gasteiger partial charge in [-0.1, -0.05) is 18.2 Å². The molecule has 0 bridgehead atoms. The van der Waals surface area contributed by atoms with Crippen LogP contribution in [0.3, 0.4) is 0 Å². The highest BCUT2D eigenvalue weighted by Crippen LogP contribution is 2.24. The van der Waals surface area contributed by atoms with Crippen molar-refractivity contribution in [3.8, 4) is 0 Å². The number of rotatable bonds is 5. The smallest absolute Gasteiger partial charge is 0.0506 e. The maximum atomic E-state index is 4.33. The Balaban J connectivity index is 2.01. The van der Waals surface area contributed by atoms with Crippen molar-refractivity contribution in [2.75, 3.05) is 7.05 Å². The summed E-state index contributed by atoms with van der Waals surface area (Å²) >= 11 is 1.83. The number of nitrogens with zero attached hydrogens (tertiary/aromatic N) is 1. The van der Waals surface area contributed by atoms with Crippen LogP contribution in [0.1, 0.15) is 24.2 Å². The summed E-state index contributed by atoms with van der Waals surface area (Å²) in [6, 6.07) is 15.1. The fraction of sp³-hybridized carbons (Fsp3) is 0.267. The molecule has 2 aromatic rings. The molecule has 1 aromatic carbocycles. The predicted molar refractivity (Wildman–Crippen MR) is 77.7 cm³/mol. The quantitative estimate of drug-likeness (QED) is 0.829. The minimum Gasteiger partial charge on any atom is -0.313 e. The first kappa shape index (κ1) is 13.1. The van der Waals surface area contributed by atoms with E-state index in [-0.39, 0.29) is 0 Å². The molecule has 1 heterocycles. The maximum Gasteiger partial charge on any atom is 0.0506 e. The van der Waals surface area contributed by atoms with Gasteiger partial charge in [0.2, 0.25) is 0 Å². The van der Waals surface area contributed by atoms with Crippen LogP contribution in [0.5, 0.6) is 0 Å². The topological polar surface area (TPSA) is 24.9 Å². The molecule has 2 rings (SSSR count). The van der Waals surface area contributed by atoms with Crippen LogP contribution in [0.4, 0.5) is 0 Å². The van der Waals surface area contributed by atoms with E-state index in [4.69, 9.17) is 0 Å². The molecular formula is C15H18N2S. The van der Waals surface area contributed by atoms with E-state index in [1.54, 1.807) is 0 Å². The average Bonchev–Trinajstić information content (AvgIpc) is 2.45. The first-order chi connectivity index (χ1) is 8.79. The van der Waals surface area contributed by atoms with Crippen molar-refractivity contribution < 1.29 is 0 Å². The SMILES string of the molecule is CNC(C)c1cccc(SCc2ccccn2)c1. The van der Waals surface area contributed by atoms with Crippen molar-refractivity contribution in [1.82, 2.24) is 10.3 Å². The van der Waals surface area contributed by atoms with Crippen molar-refractivity contribution in [3.05, 3.63) is 59.9 Å². The second kappa shape index (κ2) is 6.57. The standard InChI is InChI=1S/C15H18N2S/c1-12(16-2)13-6-5-8-15(10-13)18-11-14-7-3-4-9-17-14/h3-10,12,16H,11H2,1-2H3. The molecule has 18 heavy (non-hydrogen) atoms. The molecule has 0 radical (unpaired) electrons. The molecule has 3 heteroatoms. The molecule has 0 aliphatic carbocycles. The summed E-state index contributed by atoms with van der Waals surface area (Å²) in [4.78, 5) is 5.63. The third-order valence-electron chi connectivity index (χ3n) is 2.90. The summed E-state index contributed by atoms with van der Waals surface area (Å²) in [5.74, 6) is 0.915. The summed E-state index contributed by atoms with van der Waals surface area (Å²) in [6.07, 6.45) is 1.84. The Morgan fingerprint density at radius 1 is 1.22 bits per heavy atom. The van der Waals surface area contributed by atoms with E-state index in [9.17, 15) is 0 Å². The molecular weight excluding hydrogens is 240 g/mol. The zero-order chi connectivity index (χ0) is 12.8. The van der Waals surface area contributed by atoms with Crippen LogP contribution in [0, 0.1) is 0 Å². The predicted octanol–water partition coefficient (Wildman–Crippen LogP) is 3.65. The lowest BCUT2D eigenvalue weighted by molar-refractivity contribution is 0.651. The number of hydrogen-bond acceptors (Lipinski definition) is 3. The Morgan fingerprint density at radius 3 is 2.83 bits per heavy atom. The third kappa shape index (κ3) is 3.59. The lowest BCUT2D eigenvalue weighted by Crippen LogP contribution is -2.11. The number of nitrogens with one attached hydrogen (secondary N) is 1. The Labute approximate surface area is 113 Å². The molecule has 2 nitrogen and oxygen atoms in total. The molecule has 0 saturated carbocycles. The molecule has 1 unspecified atom stereocenters. The van der Waals surface area contributed by atoms with Gasteiger partial charge < -0.3 is 5.32 Å². The number of hydrogen-bond donors (Lipinski definition) is 1. The van der Waals surface area contributed by atoms with Crippen LogP contribution in [0.25, 0.3) is 0 Å². The fourth-order valence-electron chi connectivity index (χ4n) is 1.68. The van der Waals surface area contributed by atoms with Gasteiger partial charge in [0.1, 0.15) is 0 Å². The lowest BCUT2D eigenvalue weighted by Gasteiger charge is -2.11. The minimum absolute atomic E-state index is 0.389.